The number of halogens is 3. The molecule has 34 heavy (non-hydrogen) atoms. The number of carbonyl (C=O) groups excluding carboxylic acids is 1. The number of nitrogens with zero attached hydrogens (tertiary/aromatic N) is 3. The van der Waals surface area contributed by atoms with Crippen LogP contribution >= 0.6 is 11.3 Å². The molecule has 0 bridgehead atoms. The van der Waals surface area contributed by atoms with E-state index in [9.17, 15) is 18.0 Å². The van der Waals surface area contributed by atoms with Gasteiger partial charge in [-0.25, -0.2) is 4.99 Å². The highest BCUT2D eigenvalue weighted by Crippen LogP contribution is 2.42. The fourth-order valence-electron chi connectivity index (χ4n) is 4.32. The van der Waals surface area contributed by atoms with E-state index in [0.29, 0.717) is 48.9 Å². The van der Waals surface area contributed by atoms with Crippen LogP contribution in [0.15, 0.2) is 65.0 Å². The Morgan fingerprint density at radius 3 is 2.68 bits per heavy atom. The average molecular weight is 486 g/mol. The summed E-state index contributed by atoms with van der Waals surface area (Å²) in [6, 6.07) is 14.4. The zero-order chi connectivity index (χ0) is 23.9. The summed E-state index contributed by atoms with van der Waals surface area (Å²) in [6.07, 6.45) is -4.09. The number of piperazine rings is 1. The van der Waals surface area contributed by atoms with Gasteiger partial charge in [-0.15, -0.1) is 11.3 Å². The molecule has 0 unspecified atom stereocenters. The predicted molar refractivity (Wildman–Crippen MR) is 125 cm³/mol. The number of amides is 1. The smallest absolute Gasteiger partial charge is 0.416 e. The normalized spacial score (nSPS) is 17.9. The van der Waals surface area contributed by atoms with Gasteiger partial charge in [0.2, 0.25) is 5.91 Å². The summed E-state index contributed by atoms with van der Waals surface area (Å²) in [5.74, 6) is 1.23. The lowest BCUT2D eigenvalue weighted by molar-refractivity contribution is -0.137. The van der Waals surface area contributed by atoms with Crippen LogP contribution in [-0.2, 0) is 17.4 Å². The van der Waals surface area contributed by atoms with Crippen molar-refractivity contribution in [3.8, 4) is 11.5 Å². The molecule has 0 N–H and O–H groups in total. The van der Waals surface area contributed by atoms with E-state index < -0.39 is 11.7 Å². The third-order valence-corrected chi connectivity index (χ3v) is 6.89. The summed E-state index contributed by atoms with van der Waals surface area (Å²) in [5.41, 5.74) is 0.259. The van der Waals surface area contributed by atoms with Gasteiger partial charge in [-0.2, -0.15) is 13.2 Å². The molecular weight excluding hydrogens is 463 g/mol. The minimum Gasteiger partial charge on any atom is -0.454 e. The molecule has 1 amide bonds. The molecule has 1 aromatic heterocycles. The molecule has 5 nitrogen and oxygen atoms in total. The van der Waals surface area contributed by atoms with Crippen molar-refractivity contribution < 1.29 is 22.7 Å². The van der Waals surface area contributed by atoms with Crippen LogP contribution in [0.1, 0.15) is 22.9 Å². The lowest BCUT2D eigenvalue weighted by Crippen LogP contribution is -2.55. The molecule has 0 saturated carbocycles. The van der Waals surface area contributed by atoms with Gasteiger partial charge in [-0.05, 0) is 48.7 Å². The summed E-state index contributed by atoms with van der Waals surface area (Å²) in [4.78, 5) is 22.6. The zero-order valence-corrected chi connectivity index (χ0v) is 19.2. The average Bonchev–Trinajstić information content (AvgIpc) is 3.24. The molecular formula is C25H22F3N3O2S. The van der Waals surface area contributed by atoms with Crippen LogP contribution in [0.25, 0.3) is 0 Å². The molecule has 1 saturated heterocycles. The van der Waals surface area contributed by atoms with E-state index in [0.717, 1.165) is 17.0 Å². The molecule has 5 rings (SSSR count). The summed E-state index contributed by atoms with van der Waals surface area (Å²) >= 11 is 1.57. The molecule has 0 radical (unpaired) electrons. The Morgan fingerprint density at radius 2 is 1.94 bits per heavy atom. The van der Waals surface area contributed by atoms with Gasteiger partial charge >= 0.3 is 6.18 Å². The van der Waals surface area contributed by atoms with Crippen LogP contribution in [0.5, 0.6) is 11.5 Å². The highest BCUT2D eigenvalue weighted by atomic mass is 32.1. The Morgan fingerprint density at radius 1 is 1.12 bits per heavy atom. The van der Waals surface area contributed by atoms with E-state index in [1.807, 2.05) is 41.5 Å². The topological polar surface area (TPSA) is 45.1 Å². The number of aliphatic imine (C=N–C) groups is 1. The van der Waals surface area contributed by atoms with Crippen molar-refractivity contribution in [3.05, 3.63) is 76.0 Å². The molecule has 3 heterocycles. The predicted octanol–water partition coefficient (Wildman–Crippen LogP) is 5.73. The van der Waals surface area contributed by atoms with E-state index >= 15 is 0 Å². The number of para-hydroxylation sites is 1. The number of thiophene rings is 1. The fourth-order valence-corrected chi connectivity index (χ4v) is 5.02. The first kappa shape index (κ1) is 22.5. The second-order valence-electron chi connectivity index (χ2n) is 8.35. The minimum absolute atomic E-state index is 0.0488. The van der Waals surface area contributed by atoms with Crippen molar-refractivity contribution in [2.75, 3.05) is 19.6 Å². The Balaban J connectivity index is 1.43. The first-order chi connectivity index (χ1) is 16.3. The molecule has 0 spiro atoms. The van der Waals surface area contributed by atoms with Crippen LogP contribution in [0.4, 0.5) is 18.9 Å². The summed E-state index contributed by atoms with van der Waals surface area (Å²) in [7, 11) is 0. The first-order valence-electron chi connectivity index (χ1n) is 10.9. The van der Waals surface area contributed by atoms with Crippen LogP contribution in [0.2, 0.25) is 0 Å². The third kappa shape index (κ3) is 4.40. The summed E-state index contributed by atoms with van der Waals surface area (Å²) in [6.45, 7) is 3.65. The van der Waals surface area contributed by atoms with Crippen LogP contribution in [0, 0.1) is 0 Å². The van der Waals surface area contributed by atoms with Gasteiger partial charge in [0.05, 0.1) is 17.5 Å². The van der Waals surface area contributed by atoms with Crippen molar-refractivity contribution in [2.45, 2.75) is 25.6 Å². The largest absolute Gasteiger partial charge is 0.454 e. The Kier molecular flexibility index (Phi) is 5.81. The van der Waals surface area contributed by atoms with Crippen LogP contribution in [0.3, 0.4) is 0 Å². The van der Waals surface area contributed by atoms with Gasteiger partial charge in [0.1, 0.15) is 17.3 Å². The molecule has 176 valence electrons. The fraction of sp³-hybridized carbons (Fsp3) is 0.280. The van der Waals surface area contributed by atoms with Gasteiger partial charge in [-0.3, -0.25) is 4.79 Å². The van der Waals surface area contributed by atoms with Crippen molar-refractivity contribution >= 4 is 28.8 Å². The number of rotatable bonds is 2. The number of hydrogen-bond acceptors (Lipinski definition) is 5. The molecule has 1 fully saturated rings. The molecule has 9 heteroatoms. The number of amidine groups is 1. The van der Waals surface area contributed by atoms with Gasteiger partial charge in [0.15, 0.2) is 5.75 Å². The first-order valence-corrected chi connectivity index (χ1v) is 11.8. The quantitative estimate of drug-likeness (QED) is 0.466. The third-order valence-electron chi connectivity index (χ3n) is 6.01. The minimum atomic E-state index is -4.47. The van der Waals surface area contributed by atoms with Crippen molar-refractivity contribution in [1.82, 2.24) is 9.80 Å². The van der Waals surface area contributed by atoms with Crippen LogP contribution < -0.4 is 4.74 Å². The molecule has 3 aromatic rings. The number of hydrogen-bond donors (Lipinski definition) is 0. The van der Waals surface area contributed by atoms with E-state index in [1.165, 1.54) is 6.07 Å². The van der Waals surface area contributed by atoms with Gasteiger partial charge in [0.25, 0.3) is 0 Å². The number of carbonyl (C=O) groups is 1. The van der Waals surface area contributed by atoms with Gasteiger partial charge in [0, 0.05) is 30.6 Å². The molecule has 2 aliphatic heterocycles. The lowest BCUT2D eigenvalue weighted by Gasteiger charge is -2.41. The van der Waals surface area contributed by atoms with Crippen molar-refractivity contribution in [2.24, 2.45) is 4.99 Å². The Bertz CT molecular complexity index is 1240. The Hall–Kier alpha value is -3.33. The van der Waals surface area contributed by atoms with Gasteiger partial charge in [-0.1, -0.05) is 18.2 Å². The van der Waals surface area contributed by atoms with Gasteiger partial charge < -0.3 is 14.5 Å². The van der Waals surface area contributed by atoms with E-state index in [4.69, 9.17) is 9.73 Å². The summed E-state index contributed by atoms with van der Waals surface area (Å²) < 4.78 is 45.7. The van der Waals surface area contributed by atoms with Crippen LogP contribution in [-0.4, -0.2) is 47.2 Å². The van der Waals surface area contributed by atoms with E-state index in [1.54, 1.807) is 23.5 Å². The number of alkyl halides is 3. The SMILES string of the molecule is C[C@@H]1CN(C2=Nc3ccc(C(F)(F)F)cc3Oc3ccccc32)CCN1C(=O)Cc1cccs1. The zero-order valence-electron chi connectivity index (χ0n) is 18.4. The number of fused-ring (bicyclic) bond motifs is 2. The maximum Gasteiger partial charge on any atom is 0.416 e. The molecule has 1 atom stereocenters. The molecule has 0 aliphatic carbocycles. The standard InChI is InChI=1S/C25H22F3N3O2S/c1-16-15-30(10-11-31(16)23(32)14-18-5-4-12-34-18)24-19-6-2-3-7-21(19)33-22-13-17(25(26,27)28)8-9-20(22)29-24/h2-9,12-13,16H,10-11,14-15H2,1H3/t16-/m1/s1. The Labute approximate surface area is 199 Å². The summed E-state index contributed by atoms with van der Waals surface area (Å²) in [5, 5.41) is 1.96. The highest BCUT2D eigenvalue weighted by Gasteiger charge is 2.34. The second kappa shape index (κ2) is 8.79. The highest BCUT2D eigenvalue weighted by molar-refractivity contribution is 7.10. The second-order valence-corrected chi connectivity index (χ2v) is 9.38. The maximum absolute atomic E-state index is 13.3. The lowest BCUT2D eigenvalue weighted by atomic mass is 10.1. The number of ether oxygens (including phenoxy) is 1. The molecule has 2 aliphatic rings. The van der Waals surface area contributed by atoms with Crippen molar-refractivity contribution in [1.29, 1.82) is 0 Å². The number of benzene rings is 2. The monoisotopic (exact) mass is 485 g/mol. The maximum atomic E-state index is 13.3. The van der Waals surface area contributed by atoms with Crippen molar-refractivity contribution in [3.63, 3.8) is 0 Å². The van der Waals surface area contributed by atoms with E-state index in [2.05, 4.69) is 4.90 Å². The van der Waals surface area contributed by atoms with E-state index in [-0.39, 0.29) is 17.7 Å². The molecule has 2 aromatic carbocycles.